The maximum atomic E-state index is 11.6. The van der Waals surface area contributed by atoms with Crippen LogP contribution in [0.1, 0.15) is 17.3 Å². The summed E-state index contributed by atoms with van der Waals surface area (Å²) in [6.07, 6.45) is 1.55. The van der Waals surface area contributed by atoms with Crippen molar-refractivity contribution in [2.45, 2.75) is 6.92 Å². The topological polar surface area (TPSA) is 59.2 Å². The van der Waals surface area contributed by atoms with Crippen LogP contribution in [0.3, 0.4) is 0 Å². The first kappa shape index (κ1) is 10.4. The van der Waals surface area contributed by atoms with Gasteiger partial charge in [0.15, 0.2) is 5.78 Å². The van der Waals surface area contributed by atoms with E-state index in [0.717, 1.165) is 10.9 Å². The van der Waals surface area contributed by atoms with E-state index in [1.54, 1.807) is 31.5 Å². The van der Waals surface area contributed by atoms with Gasteiger partial charge in [0.05, 0.1) is 12.7 Å². The molecule has 0 aliphatic rings. The Labute approximate surface area is 92.2 Å². The number of benzene rings is 1. The number of ketones is 2. The van der Waals surface area contributed by atoms with E-state index in [-0.39, 0.29) is 0 Å². The van der Waals surface area contributed by atoms with Gasteiger partial charge in [-0.3, -0.25) is 9.59 Å². The van der Waals surface area contributed by atoms with Gasteiger partial charge in [0.2, 0.25) is 5.78 Å². The second-order valence-electron chi connectivity index (χ2n) is 3.50. The van der Waals surface area contributed by atoms with Crippen LogP contribution in [-0.2, 0) is 4.79 Å². The number of nitrogens with one attached hydrogen (secondary N) is 1. The number of carbonyl (C=O) groups is 2. The number of methoxy groups -OCH3 is 1. The Hall–Kier alpha value is -2.10. The van der Waals surface area contributed by atoms with Crippen LogP contribution < -0.4 is 4.74 Å². The molecule has 0 spiro atoms. The number of aromatic nitrogens is 1. The van der Waals surface area contributed by atoms with Gasteiger partial charge in [-0.1, -0.05) is 0 Å². The Morgan fingerprint density at radius 2 is 2.06 bits per heavy atom. The van der Waals surface area contributed by atoms with E-state index >= 15 is 0 Å². The fourth-order valence-corrected chi connectivity index (χ4v) is 1.61. The molecule has 2 aromatic rings. The Balaban J connectivity index is 2.58. The van der Waals surface area contributed by atoms with Crippen molar-refractivity contribution in [3.05, 3.63) is 30.0 Å². The first-order chi connectivity index (χ1) is 7.63. The van der Waals surface area contributed by atoms with Gasteiger partial charge in [0.1, 0.15) is 5.75 Å². The fourth-order valence-electron chi connectivity index (χ4n) is 1.61. The normalized spacial score (nSPS) is 10.4. The molecule has 4 nitrogen and oxygen atoms in total. The van der Waals surface area contributed by atoms with Crippen molar-refractivity contribution in [2.24, 2.45) is 0 Å². The molecule has 0 unspecified atom stereocenters. The minimum Gasteiger partial charge on any atom is -0.497 e. The molecule has 2 rings (SSSR count). The van der Waals surface area contributed by atoms with Crippen LogP contribution in [0.15, 0.2) is 24.4 Å². The predicted octanol–water partition coefficient (Wildman–Crippen LogP) is 1.95. The molecule has 1 aromatic carbocycles. The van der Waals surface area contributed by atoms with Gasteiger partial charge in [0.25, 0.3) is 0 Å². The number of aromatic amines is 1. The smallest absolute Gasteiger partial charge is 0.230 e. The van der Waals surface area contributed by atoms with Crippen molar-refractivity contribution in [1.29, 1.82) is 0 Å². The molecule has 0 fully saturated rings. The van der Waals surface area contributed by atoms with Crippen molar-refractivity contribution in [3.8, 4) is 5.75 Å². The van der Waals surface area contributed by atoms with Crippen LogP contribution >= 0.6 is 0 Å². The van der Waals surface area contributed by atoms with E-state index in [9.17, 15) is 9.59 Å². The Bertz CT molecular complexity index is 569. The molecule has 0 aliphatic heterocycles. The van der Waals surface area contributed by atoms with Crippen LogP contribution in [-0.4, -0.2) is 23.7 Å². The van der Waals surface area contributed by atoms with Crippen LogP contribution in [0.5, 0.6) is 5.75 Å². The van der Waals surface area contributed by atoms with E-state index in [1.807, 2.05) is 0 Å². The number of fused-ring (bicyclic) bond motifs is 1. The van der Waals surface area contributed by atoms with E-state index in [4.69, 9.17) is 4.74 Å². The largest absolute Gasteiger partial charge is 0.497 e. The quantitative estimate of drug-likeness (QED) is 0.631. The molecule has 0 saturated heterocycles. The van der Waals surface area contributed by atoms with Gasteiger partial charge >= 0.3 is 0 Å². The van der Waals surface area contributed by atoms with Crippen LogP contribution in [0.4, 0.5) is 0 Å². The zero-order chi connectivity index (χ0) is 11.7. The van der Waals surface area contributed by atoms with Crippen LogP contribution in [0.2, 0.25) is 0 Å². The summed E-state index contributed by atoms with van der Waals surface area (Å²) in [4.78, 5) is 25.5. The third-order valence-corrected chi connectivity index (χ3v) is 2.45. The second kappa shape index (κ2) is 3.81. The summed E-state index contributed by atoms with van der Waals surface area (Å²) < 4.78 is 5.07. The third-order valence-electron chi connectivity index (χ3n) is 2.45. The number of hydrogen-bond acceptors (Lipinski definition) is 3. The highest BCUT2D eigenvalue weighted by Crippen LogP contribution is 2.23. The van der Waals surface area contributed by atoms with E-state index < -0.39 is 11.6 Å². The van der Waals surface area contributed by atoms with E-state index in [2.05, 4.69) is 4.98 Å². The molecule has 0 bridgehead atoms. The first-order valence-corrected chi connectivity index (χ1v) is 4.84. The average Bonchev–Trinajstić information content (AvgIpc) is 2.70. The zero-order valence-electron chi connectivity index (χ0n) is 9.03. The number of H-pyrrole nitrogens is 1. The maximum Gasteiger partial charge on any atom is 0.230 e. The molecule has 1 aromatic heterocycles. The van der Waals surface area contributed by atoms with Gasteiger partial charge in [0, 0.05) is 30.1 Å². The van der Waals surface area contributed by atoms with Crippen molar-refractivity contribution in [2.75, 3.05) is 7.11 Å². The monoisotopic (exact) mass is 217 g/mol. The molecular weight excluding hydrogens is 206 g/mol. The summed E-state index contributed by atoms with van der Waals surface area (Å²) in [7, 11) is 1.58. The van der Waals surface area contributed by atoms with Crippen molar-refractivity contribution < 1.29 is 14.3 Å². The Kier molecular flexibility index (Phi) is 2.48. The van der Waals surface area contributed by atoms with Gasteiger partial charge in [-0.25, -0.2) is 0 Å². The maximum absolute atomic E-state index is 11.6. The molecule has 16 heavy (non-hydrogen) atoms. The molecule has 4 heteroatoms. The van der Waals surface area contributed by atoms with Crippen molar-refractivity contribution in [3.63, 3.8) is 0 Å². The number of Topliss-reactive ketones (excluding diaryl/α,β-unsaturated/α-hetero) is 2. The van der Waals surface area contributed by atoms with E-state index in [0.29, 0.717) is 11.3 Å². The standard InChI is InChI=1S/C12H11NO3/c1-7(14)12(15)10-6-13-11-5-8(16-2)3-4-9(10)11/h3-6,13H,1-2H3. The average molecular weight is 217 g/mol. The Morgan fingerprint density at radius 3 is 2.69 bits per heavy atom. The van der Waals surface area contributed by atoms with Crippen molar-refractivity contribution >= 4 is 22.5 Å². The summed E-state index contributed by atoms with van der Waals surface area (Å²) >= 11 is 0. The fraction of sp³-hybridized carbons (Fsp3) is 0.167. The molecule has 0 aliphatic carbocycles. The van der Waals surface area contributed by atoms with Crippen molar-refractivity contribution in [1.82, 2.24) is 4.98 Å². The summed E-state index contributed by atoms with van der Waals surface area (Å²) in [5.41, 5.74) is 1.19. The highest BCUT2D eigenvalue weighted by Gasteiger charge is 2.15. The summed E-state index contributed by atoms with van der Waals surface area (Å²) in [5.74, 6) is -0.232. The molecule has 0 amide bonds. The first-order valence-electron chi connectivity index (χ1n) is 4.84. The van der Waals surface area contributed by atoms with Gasteiger partial charge < -0.3 is 9.72 Å². The Morgan fingerprint density at radius 1 is 1.31 bits per heavy atom. The summed E-state index contributed by atoms with van der Waals surface area (Å²) in [6.45, 7) is 1.27. The highest BCUT2D eigenvalue weighted by atomic mass is 16.5. The lowest BCUT2D eigenvalue weighted by atomic mass is 10.1. The van der Waals surface area contributed by atoms with Gasteiger partial charge in [-0.15, -0.1) is 0 Å². The lowest BCUT2D eigenvalue weighted by molar-refractivity contribution is -0.113. The molecule has 0 saturated carbocycles. The molecule has 82 valence electrons. The van der Waals surface area contributed by atoms with Crippen LogP contribution in [0.25, 0.3) is 10.9 Å². The predicted molar refractivity (Wildman–Crippen MR) is 59.9 cm³/mol. The second-order valence-corrected chi connectivity index (χ2v) is 3.50. The number of hydrogen-bond donors (Lipinski definition) is 1. The molecule has 0 atom stereocenters. The minimum atomic E-state index is -0.476. The molecule has 1 heterocycles. The van der Waals surface area contributed by atoms with Gasteiger partial charge in [-0.05, 0) is 12.1 Å². The SMILES string of the molecule is COc1ccc2c(C(=O)C(C)=O)c[nH]c2c1. The third kappa shape index (κ3) is 1.58. The zero-order valence-corrected chi connectivity index (χ0v) is 9.03. The number of carbonyl (C=O) groups excluding carboxylic acids is 2. The highest BCUT2D eigenvalue weighted by molar-refractivity contribution is 6.45. The molecule has 0 radical (unpaired) electrons. The molecule has 1 N–H and O–H groups in total. The van der Waals surface area contributed by atoms with E-state index in [1.165, 1.54) is 6.92 Å². The van der Waals surface area contributed by atoms with Gasteiger partial charge in [-0.2, -0.15) is 0 Å². The lowest BCUT2D eigenvalue weighted by Crippen LogP contribution is -2.08. The minimum absolute atomic E-state index is 0.408. The number of rotatable bonds is 3. The number of ether oxygens (including phenoxy) is 1. The summed E-state index contributed by atoms with van der Waals surface area (Å²) in [5, 5.41) is 0.737. The molecular formula is C12H11NO3. The van der Waals surface area contributed by atoms with Crippen LogP contribution in [0, 0.1) is 0 Å². The lowest BCUT2D eigenvalue weighted by Gasteiger charge is -1.99. The summed E-state index contributed by atoms with van der Waals surface area (Å²) in [6, 6.07) is 5.31.